The Morgan fingerprint density at radius 2 is 1.18 bits per heavy atom. The van der Waals surface area contributed by atoms with Gasteiger partial charge in [0.15, 0.2) is 0 Å². The summed E-state index contributed by atoms with van der Waals surface area (Å²) >= 11 is 35.5. The third kappa shape index (κ3) is 3.96. The van der Waals surface area contributed by atoms with Crippen molar-refractivity contribution in [3.05, 3.63) is 40.8 Å². The molecule has 6 heteroatoms. The van der Waals surface area contributed by atoms with Gasteiger partial charge in [-0.1, -0.05) is 102 Å². The highest BCUT2D eigenvalue weighted by atomic mass is 35.6. The van der Waals surface area contributed by atoms with Crippen molar-refractivity contribution in [1.82, 2.24) is 0 Å². The molecule has 0 aliphatic heterocycles. The van der Waals surface area contributed by atoms with Gasteiger partial charge in [-0.25, -0.2) is 0 Å². The average Bonchev–Trinajstić information content (AvgIpc) is 2.13. The highest BCUT2D eigenvalue weighted by Crippen LogP contribution is 2.48. The number of alkyl halides is 6. The van der Waals surface area contributed by atoms with Gasteiger partial charge in [0.25, 0.3) is 0 Å². The maximum atomic E-state index is 5.92. The Morgan fingerprint density at radius 1 is 0.824 bits per heavy atom. The number of hydrogen-bond acceptors (Lipinski definition) is 0. The van der Waals surface area contributed by atoms with E-state index in [-0.39, 0.29) is 0 Å². The zero-order valence-electron chi connectivity index (χ0n) is 9.00. The van der Waals surface area contributed by atoms with E-state index >= 15 is 0 Å². The van der Waals surface area contributed by atoms with E-state index in [2.05, 4.69) is 0 Å². The Hall–Kier alpha value is 0.960. The summed E-state index contributed by atoms with van der Waals surface area (Å²) < 4.78 is -3.11. The van der Waals surface area contributed by atoms with Crippen LogP contribution in [0.1, 0.15) is 30.5 Å². The molecule has 0 N–H and O–H groups in total. The summed E-state index contributed by atoms with van der Waals surface area (Å²) in [6.07, 6.45) is 0. The molecule has 0 saturated carbocycles. The molecule has 0 aliphatic rings. The third-order valence-electron chi connectivity index (χ3n) is 2.18. The molecule has 17 heavy (non-hydrogen) atoms. The van der Waals surface area contributed by atoms with Crippen molar-refractivity contribution in [3.8, 4) is 0 Å². The third-order valence-corrected chi connectivity index (χ3v) is 3.40. The molecule has 0 atom stereocenters. The van der Waals surface area contributed by atoms with E-state index in [0.717, 1.165) is 5.92 Å². The lowest BCUT2D eigenvalue weighted by Crippen LogP contribution is -2.14. The van der Waals surface area contributed by atoms with Crippen LogP contribution in [0.25, 0.3) is 0 Å². The minimum absolute atomic E-state index is 0.506. The van der Waals surface area contributed by atoms with Crippen LogP contribution < -0.4 is 0 Å². The van der Waals surface area contributed by atoms with Crippen LogP contribution in [-0.4, -0.2) is 0 Å². The molecule has 0 heterocycles. The van der Waals surface area contributed by atoms with Gasteiger partial charge < -0.3 is 0 Å². The molecular weight excluding hydrogens is 345 g/mol. The van der Waals surface area contributed by atoms with Crippen molar-refractivity contribution in [2.75, 3.05) is 0 Å². The quantitative estimate of drug-likeness (QED) is 0.519. The van der Waals surface area contributed by atoms with E-state index in [1.165, 1.54) is 0 Å². The Balaban J connectivity index is 3.55. The van der Waals surface area contributed by atoms with Crippen molar-refractivity contribution in [2.24, 2.45) is 0 Å². The van der Waals surface area contributed by atoms with Crippen molar-refractivity contribution in [2.45, 2.75) is 21.4 Å². The van der Waals surface area contributed by atoms with Crippen LogP contribution in [0.15, 0.2) is 18.2 Å². The summed E-state index contributed by atoms with van der Waals surface area (Å²) in [4.78, 5) is 0. The maximum absolute atomic E-state index is 5.92. The Labute approximate surface area is 131 Å². The first kappa shape index (κ1) is 16.0. The lowest BCUT2D eigenvalue weighted by Gasteiger charge is -2.25. The largest absolute Gasteiger partial charge is 0.216 e. The van der Waals surface area contributed by atoms with E-state index in [0.29, 0.717) is 16.7 Å². The second kappa shape index (κ2) is 5.53. The van der Waals surface area contributed by atoms with E-state index in [1.807, 2.05) is 13.8 Å². The molecule has 0 unspecified atom stereocenters. The van der Waals surface area contributed by atoms with Gasteiger partial charge in [0, 0.05) is 11.1 Å². The molecule has 1 rings (SSSR count). The standard InChI is InChI=1S/C11H9Cl6/c1-6(2)9-7(10(12,13)14)4-3-5-8(9)11(15,16)17/h3-5H,1-2H3. The van der Waals surface area contributed by atoms with Gasteiger partial charge in [-0.2, -0.15) is 0 Å². The predicted molar refractivity (Wildman–Crippen MR) is 78.6 cm³/mol. The molecule has 0 fully saturated rings. The molecule has 95 valence electrons. The van der Waals surface area contributed by atoms with Crippen LogP contribution in [0.5, 0.6) is 0 Å². The first-order valence-corrected chi connectivity index (χ1v) is 6.90. The van der Waals surface area contributed by atoms with Crippen molar-refractivity contribution >= 4 is 69.6 Å². The second-order valence-electron chi connectivity index (χ2n) is 3.72. The highest BCUT2D eigenvalue weighted by molar-refractivity contribution is 6.68. The lowest BCUT2D eigenvalue weighted by atomic mass is 9.93. The fraction of sp³-hybridized carbons (Fsp3) is 0.364. The van der Waals surface area contributed by atoms with Gasteiger partial charge in [0.1, 0.15) is 0 Å². The zero-order valence-corrected chi connectivity index (χ0v) is 13.5. The van der Waals surface area contributed by atoms with Gasteiger partial charge >= 0.3 is 0 Å². The van der Waals surface area contributed by atoms with E-state index in [1.54, 1.807) is 18.2 Å². The first-order chi connectivity index (χ1) is 7.55. The molecular formula is C11H9Cl6. The minimum atomic E-state index is -1.56. The minimum Gasteiger partial charge on any atom is -0.0784 e. The van der Waals surface area contributed by atoms with Gasteiger partial charge in [-0.05, 0) is 11.5 Å². The Bertz CT molecular complexity index is 367. The number of rotatable bonds is 1. The van der Waals surface area contributed by atoms with Crippen LogP contribution in [0.3, 0.4) is 0 Å². The summed E-state index contributed by atoms with van der Waals surface area (Å²) in [6.45, 7) is 3.74. The first-order valence-electron chi connectivity index (χ1n) is 4.63. The molecule has 0 nitrogen and oxygen atoms in total. The van der Waals surface area contributed by atoms with Crippen LogP contribution >= 0.6 is 69.6 Å². The van der Waals surface area contributed by atoms with Gasteiger partial charge in [0.2, 0.25) is 7.59 Å². The van der Waals surface area contributed by atoms with Crippen molar-refractivity contribution < 1.29 is 0 Å². The molecule has 0 bridgehead atoms. The van der Waals surface area contributed by atoms with E-state index < -0.39 is 7.59 Å². The van der Waals surface area contributed by atoms with Crippen LogP contribution in [0.4, 0.5) is 0 Å². The summed E-state index contributed by atoms with van der Waals surface area (Å²) in [7, 11) is 0. The summed E-state index contributed by atoms with van der Waals surface area (Å²) in [6, 6.07) is 5.10. The van der Waals surface area contributed by atoms with Crippen molar-refractivity contribution in [1.29, 1.82) is 0 Å². The molecule has 0 saturated heterocycles. The number of halogens is 6. The summed E-state index contributed by atoms with van der Waals surface area (Å²) in [5, 5.41) is 0. The van der Waals surface area contributed by atoms with Crippen LogP contribution in [0, 0.1) is 5.92 Å². The number of benzene rings is 1. The smallest absolute Gasteiger partial charge is 0.0784 e. The van der Waals surface area contributed by atoms with Crippen LogP contribution in [0.2, 0.25) is 0 Å². The molecule has 0 spiro atoms. The molecule has 1 aromatic rings. The van der Waals surface area contributed by atoms with E-state index in [4.69, 9.17) is 69.6 Å². The summed E-state index contributed by atoms with van der Waals surface area (Å²) in [5.74, 6) is 0.910. The Morgan fingerprint density at radius 3 is 1.41 bits per heavy atom. The normalized spacial score (nSPS) is 13.2. The average molecular weight is 354 g/mol. The molecule has 1 radical (unpaired) electrons. The predicted octanol–water partition coefficient (Wildman–Crippen LogP) is 6.30. The maximum Gasteiger partial charge on any atom is 0.216 e. The molecule has 0 aromatic heterocycles. The molecule has 0 amide bonds. The Kier molecular flexibility index (Phi) is 5.21. The zero-order chi connectivity index (χ0) is 13.4. The summed E-state index contributed by atoms with van der Waals surface area (Å²) in [5.41, 5.74) is 1.69. The number of hydrogen-bond donors (Lipinski definition) is 0. The van der Waals surface area contributed by atoms with Gasteiger partial charge in [-0.15, -0.1) is 0 Å². The second-order valence-corrected chi connectivity index (χ2v) is 8.29. The highest BCUT2D eigenvalue weighted by Gasteiger charge is 2.34. The lowest BCUT2D eigenvalue weighted by molar-refractivity contribution is 1.03. The monoisotopic (exact) mass is 351 g/mol. The fourth-order valence-electron chi connectivity index (χ4n) is 1.56. The van der Waals surface area contributed by atoms with Gasteiger partial charge in [-0.3, -0.25) is 0 Å². The van der Waals surface area contributed by atoms with Crippen molar-refractivity contribution in [3.63, 3.8) is 0 Å². The SMILES string of the molecule is C[C](C)c1c(C(Cl)(Cl)Cl)cccc1C(Cl)(Cl)Cl. The topological polar surface area (TPSA) is 0 Å². The molecule has 1 aromatic carbocycles. The van der Waals surface area contributed by atoms with Gasteiger partial charge in [0.05, 0.1) is 0 Å². The van der Waals surface area contributed by atoms with Crippen LogP contribution in [-0.2, 0) is 7.59 Å². The molecule has 0 aliphatic carbocycles. The van der Waals surface area contributed by atoms with E-state index in [9.17, 15) is 0 Å². The fourth-order valence-corrected chi connectivity index (χ4v) is 2.51.